The monoisotopic (exact) mass is 324 g/mol. The molecule has 0 radical (unpaired) electrons. The maximum Gasteiger partial charge on any atom is 0.136 e. The first kappa shape index (κ1) is 20.6. The minimum absolute atomic E-state index is 0.198. The van der Waals surface area contributed by atoms with Crippen molar-refractivity contribution >= 4 is 5.78 Å². The SMILES string of the molecule is CC.CCCN1CCC2(CC1)CCN(CCC(=O)C(C)C)CC2. The molecule has 0 atom stereocenters. The topological polar surface area (TPSA) is 23.6 Å². The second kappa shape index (κ2) is 10.5. The van der Waals surface area contributed by atoms with Gasteiger partial charge in [-0.15, -0.1) is 0 Å². The highest BCUT2D eigenvalue weighted by Gasteiger charge is 2.37. The lowest BCUT2D eigenvalue weighted by molar-refractivity contribution is -0.122. The summed E-state index contributed by atoms with van der Waals surface area (Å²) in [6, 6.07) is 0. The number of hydrogen-bond acceptors (Lipinski definition) is 3. The summed E-state index contributed by atoms with van der Waals surface area (Å²) in [5.74, 6) is 0.618. The number of carbonyl (C=O) groups excluding carboxylic acids is 1. The molecule has 3 heteroatoms. The summed E-state index contributed by atoms with van der Waals surface area (Å²) >= 11 is 0. The van der Waals surface area contributed by atoms with Crippen molar-refractivity contribution in [2.75, 3.05) is 39.3 Å². The van der Waals surface area contributed by atoms with Crippen molar-refractivity contribution in [3.63, 3.8) is 0 Å². The molecule has 0 N–H and O–H groups in total. The Labute approximate surface area is 144 Å². The van der Waals surface area contributed by atoms with Crippen molar-refractivity contribution in [2.24, 2.45) is 11.3 Å². The molecule has 0 saturated carbocycles. The van der Waals surface area contributed by atoms with Crippen LogP contribution < -0.4 is 0 Å². The average Bonchev–Trinajstić information content (AvgIpc) is 2.58. The summed E-state index contributed by atoms with van der Waals surface area (Å²) in [7, 11) is 0. The fourth-order valence-corrected chi connectivity index (χ4v) is 3.88. The Morgan fingerprint density at radius 3 is 1.74 bits per heavy atom. The Bertz CT molecular complexity index is 323. The zero-order valence-electron chi connectivity index (χ0n) is 16.4. The largest absolute Gasteiger partial charge is 0.303 e. The molecule has 0 aliphatic carbocycles. The van der Waals surface area contributed by atoms with Crippen LogP contribution in [0.3, 0.4) is 0 Å². The molecule has 3 nitrogen and oxygen atoms in total. The van der Waals surface area contributed by atoms with E-state index in [0.29, 0.717) is 11.2 Å². The van der Waals surface area contributed by atoms with Gasteiger partial charge in [0.25, 0.3) is 0 Å². The number of ketones is 1. The van der Waals surface area contributed by atoms with Crippen LogP contribution in [0.5, 0.6) is 0 Å². The lowest BCUT2D eigenvalue weighted by Crippen LogP contribution is -2.47. The minimum atomic E-state index is 0.198. The van der Waals surface area contributed by atoms with Gasteiger partial charge in [-0.05, 0) is 70.2 Å². The van der Waals surface area contributed by atoms with E-state index in [4.69, 9.17) is 0 Å². The molecular weight excluding hydrogens is 284 g/mol. The fraction of sp³-hybridized carbons (Fsp3) is 0.950. The predicted octanol–water partition coefficient (Wildman–Crippen LogP) is 4.22. The van der Waals surface area contributed by atoms with E-state index in [1.54, 1.807) is 0 Å². The van der Waals surface area contributed by atoms with Crippen LogP contribution in [0.2, 0.25) is 0 Å². The summed E-state index contributed by atoms with van der Waals surface area (Å²) in [6.07, 6.45) is 7.52. The third-order valence-electron chi connectivity index (χ3n) is 5.69. The van der Waals surface area contributed by atoms with E-state index in [-0.39, 0.29) is 5.92 Å². The van der Waals surface area contributed by atoms with Crippen molar-refractivity contribution < 1.29 is 4.79 Å². The van der Waals surface area contributed by atoms with Crippen LogP contribution in [0.4, 0.5) is 0 Å². The van der Waals surface area contributed by atoms with Crippen molar-refractivity contribution in [3.8, 4) is 0 Å². The van der Waals surface area contributed by atoms with Crippen LogP contribution in [0.1, 0.15) is 73.1 Å². The number of hydrogen-bond donors (Lipinski definition) is 0. The zero-order valence-corrected chi connectivity index (χ0v) is 16.4. The van der Waals surface area contributed by atoms with Crippen LogP contribution in [0, 0.1) is 11.3 Å². The van der Waals surface area contributed by atoms with Gasteiger partial charge in [-0.2, -0.15) is 0 Å². The summed E-state index contributed by atoms with van der Waals surface area (Å²) in [5.41, 5.74) is 0.628. The Morgan fingerprint density at radius 2 is 1.35 bits per heavy atom. The number of Topliss-reactive ketones (excluding diaryl/α,β-unsaturated/α-hetero) is 1. The Balaban J connectivity index is 0.00000127. The van der Waals surface area contributed by atoms with Crippen molar-refractivity contribution in [1.29, 1.82) is 0 Å². The minimum Gasteiger partial charge on any atom is -0.303 e. The van der Waals surface area contributed by atoms with Crippen molar-refractivity contribution in [2.45, 2.75) is 73.1 Å². The van der Waals surface area contributed by atoms with Gasteiger partial charge in [0.2, 0.25) is 0 Å². The molecule has 0 unspecified atom stereocenters. The van der Waals surface area contributed by atoms with E-state index in [9.17, 15) is 4.79 Å². The normalized spacial score (nSPS) is 22.0. The molecule has 2 rings (SSSR count). The number of carbonyl (C=O) groups is 1. The summed E-state index contributed by atoms with van der Waals surface area (Å²) < 4.78 is 0. The van der Waals surface area contributed by atoms with Crippen LogP contribution >= 0.6 is 0 Å². The summed E-state index contributed by atoms with van der Waals surface area (Å²) in [4.78, 5) is 16.9. The third kappa shape index (κ3) is 6.54. The predicted molar refractivity (Wildman–Crippen MR) is 99.9 cm³/mol. The smallest absolute Gasteiger partial charge is 0.136 e. The lowest BCUT2D eigenvalue weighted by atomic mass is 9.71. The molecule has 2 saturated heterocycles. The molecule has 0 amide bonds. The molecule has 23 heavy (non-hydrogen) atoms. The van der Waals surface area contributed by atoms with Gasteiger partial charge < -0.3 is 9.80 Å². The summed E-state index contributed by atoms with van der Waals surface area (Å²) in [6.45, 7) is 17.6. The van der Waals surface area contributed by atoms with Crippen molar-refractivity contribution in [1.82, 2.24) is 9.80 Å². The van der Waals surface area contributed by atoms with E-state index in [0.717, 1.165) is 13.0 Å². The maximum absolute atomic E-state index is 11.7. The molecule has 1 spiro atoms. The van der Waals surface area contributed by atoms with Crippen LogP contribution in [0.25, 0.3) is 0 Å². The number of rotatable bonds is 6. The highest BCUT2D eigenvalue weighted by Crippen LogP contribution is 2.41. The quantitative estimate of drug-likeness (QED) is 0.731. The highest BCUT2D eigenvalue weighted by molar-refractivity contribution is 5.80. The number of nitrogens with zero attached hydrogens (tertiary/aromatic N) is 2. The van der Waals surface area contributed by atoms with Gasteiger partial charge >= 0.3 is 0 Å². The molecule has 0 aromatic carbocycles. The fourth-order valence-electron chi connectivity index (χ4n) is 3.88. The first-order valence-corrected chi connectivity index (χ1v) is 10.0. The molecule has 2 heterocycles. The Morgan fingerprint density at radius 1 is 0.913 bits per heavy atom. The van der Waals surface area contributed by atoms with Gasteiger partial charge in [-0.25, -0.2) is 0 Å². The molecule has 2 fully saturated rings. The molecule has 2 aliphatic heterocycles. The molecule has 0 aromatic rings. The summed E-state index contributed by atoms with van der Waals surface area (Å²) in [5, 5.41) is 0. The Hall–Kier alpha value is -0.410. The molecule has 2 aliphatic rings. The van der Waals surface area contributed by atoms with Crippen LogP contribution in [-0.4, -0.2) is 54.9 Å². The average molecular weight is 325 g/mol. The first-order valence-electron chi connectivity index (χ1n) is 10.0. The third-order valence-corrected chi connectivity index (χ3v) is 5.69. The maximum atomic E-state index is 11.7. The molecule has 0 bridgehead atoms. The molecule has 0 aromatic heterocycles. The van der Waals surface area contributed by atoms with Gasteiger partial charge in [0.05, 0.1) is 0 Å². The zero-order chi connectivity index (χ0) is 17.3. The highest BCUT2D eigenvalue weighted by atomic mass is 16.1. The van der Waals surface area contributed by atoms with Gasteiger partial charge in [-0.1, -0.05) is 34.6 Å². The number of likely N-dealkylation sites (tertiary alicyclic amines) is 2. The standard InChI is InChI=1S/C18H34N2O.C2H6/c1-4-10-19-12-6-18(7-13-19)8-14-20(15-9-18)11-5-17(21)16(2)3;1-2/h16H,4-15H2,1-3H3;1-2H3. The van der Waals surface area contributed by atoms with Gasteiger partial charge in [-0.3, -0.25) is 4.79 Å². The van der Waals surface area contributed by atoms with E-state index in [1.165, 1.54) is 64.8 Å². The van der Waals surface area contributed by atoms with Gasteiger partial charge in [0, 0.05) is 18.9 Å². The molecule has 136 valence electrons. The second-order valence-corrected chi connectivity index (χ2v) is 7.55. The van der Waals surface area contributed by atoms with Crippen molar-refractivity contribution in [3.05, 3.63) is 0 Å². The first-order chi connectivity index (χ1) is 11.0. The van der Waals surface area contributed by atoms with E-state index in [2.05, 4.69) is 16.7 Å². The van der Waals surface area contributed by atoms with Gasteiger partial charge in [0.15, 0.2) is 0 Å². The Kier molecular flexibility index (Phi) is 9.38. The second-order valence-electron chi connectivity index (χ2n) is 7.55. The number of piperidine rings is 2. The molecular formula is C20H40N2O. The van der Waals surface area contributed by atoms with E-state index < -0.39 is 0 Å². The van der Waals surface area contributed by atoms with Gasteiger partial charge in [0.1, 0.15) is 5.78 Å². The van der Waals surface area contributed by atoms with E-state index >= 15 is 0 Å². The van der Waals surface area contributed by atoms with E-state index in [1.807, 2.05) is 27.7 Å². The lowest BCUT2D eigenvalue weighted by Gasteiger charge is -2.47. The van der Waals surface area contributed by atoms with Crippen LogP contribution in [0.15, 0.2) is 0 Å². The van der Waals surface area contributed by atoms with Crippen LogP contribution in [-0.2, 0) is 4.79 Å².